The predicted octanol–water partition coefficient (Wildman–Crippen LogP) is 3.78. The number of carbonyl (C=O) groups is 1. The lowest BCUT2D eigenvalue weighted by atomic mass is 9.98. The third kappa shape index (κ3) is 4.24. The first-order chi connectivity index (χ1) is 11.8. The summed E-state index contributed by atoms with van der Waals surface area (Å²) in [5.74, 6) is 0.705. The Morgan fingerprint density at radius 3 is 2.50 bits per heavy atom. The Labute approximate surface area is 144 Å². The molecule has 2 aromatic rings. The summed E-state index contributed by atoms with van der Waals surface area (Å²) < 4.78 is 5.24. The largest absolute Gasteiger partial charge is 0.384 e. The Bertz CT molecular complexity index is 649. The van der Waals surface area contributed by atoms with Crippen molar-refractivity contribution in [2.45, 2.75) is 19.3 Å². The molecule has 0 aromatic heterocycles. The number of piperidine rings is 1. The van der Waals surface area contributed by atoms with Crippen molar-refractivity contribution in [2.75, 3.05) is 26.8 Å². The fraction of sp³-hybridized carbons (Fsp3) is 0.381. The fourth-order valence-corrected chi connectivity index (χ4v) is 3.40. The molecule has 0 aliphatic carbocycles. The molecular weight excluding hydrogens is 298 g/mol. The van der Waals surface area contributed by atoms with E-state index in [-0.39, 0.29) is 5.91 Å². The number of rotatable bonds is 5. The molecule has 24 heavy (non-hydrogen) atoms. The van der Waals surface area contributed by atoms with Crippen molar-refractivity contribution in [1.82, 2.24) is 4.90 Å². The molecule has 1 unspecified atom stereocenters. The number of ether oxygens (including phenoxy) is 1. The number of hydrogen-bond acceptors (Lipinski definition) is 2. The van der Waals surface area contributed by atoms with Crippen LogP contribution in [0.5, 0.6) is 0 Å². The van der Waals surface area contributed by atoms with Gasteiger partial charge in [-0.2, -0.15) is 0 Å². The van der Waals surface area contributed by atoms with Crippen molar-refractivity contribution in [3.05, 3.63) is 60.2 Å². The highest BCUT2D eigenvalue weighted by Gasteiger charge is 2.23. The summed E-state index contributed by atoms with van der Waals surface area (Å²) in [6.07, 6.45) is 2.71. The maximum atomic E-state index is 12.6. The number of carbonyl (C=O) groups excluding carboxylic acids is 1. The number of hydrogen-bond donors (Lipinski definition) is 0. The van der Waals surface area contributed by atoms with E-state index < -0.39 is 0 Å². The SMILES string of the molecule is COCC1CCCN(C(=O)Cc2ccc(-c3ccccc3)cc2)C1. The van der Waals surface area contributed by atoms with Crippen LogP contribution in [0, 0.1) is 5.92 Å². The molecule has 2 aromatic carbocycles. The molecule has 1 heterocycles. The van der Waals surface area contributed by atoms with Crippen LogP contribution in [-0.4, -0.2) is 37.6 Å². The van der Waals surface area contributed by atoms with Gasteiger partial charge in [0.05, 0.1) is 13.0 Å². The van der Waals surface area contributed by atoms with Gasteiger partial charge >= 0.3 is 0 Å². The monoisotopic (exact) mass is 323 g/mol. The number of nitrogens with zero attached hydrogens (tertiary/aromatic N) is 1. The lowest BCUT2D eigenvalue weighted by Crippen LogP contribution is -2.41. The zero-order valence-corrected chi connectivity index (χ0v) is 14.3. The third-order valence-corrected chi connectivity index (χ3v) is 4.69. The molecule has 1 saturated heterocycles. The molecule has 3 rings (SSSR count). The number of benzene rings is 2. The molecule has 1 aliphatic heterocycles. The van der Waals surface area contributed by atoms with Gasteiger partial charge in [0.2, 0.25) is 5.91 Å². The minimum absolute atomic E-state index is 0.225. The molecule has 1 amide bonds. The van der Waals surface area contributed by atoms with E-state index in [1.54, 1.807) is 7.11 Å². The minimum Gasteiger partial charge on any atom is -0.384 e. The molecule has 126 valence electrons. The van der Waals surface area contributed by atoms with Crippen LogP contribution in [0.15, 0.2) is 54.6 Å². The van der Waals surface area contributed by atoms with Gasteiger partial charge in [0.25, 0.3) is 0 Å². The number of amides is 1. The maximum Gasteiger partial charge on any atom is 0.226 e. The lowest BCUT2D eigenvalue weighted by Gasteiger charge is -2.32. The Balaban J connectivity index is 1.60. The van der Waals surface area contributed by atoms with Gasteiger partial charge < -0.3 is 9.64 Å². The molecule has 1 atom stereocenters. The Hall–Kier alpha value is -2.13. The van der Waals surface area contributed by atoms with Crippen molar-refractivity contribution in [3.63, 3.8) is 0 Å². The van der Waals surface area contributed by atoms with Crippen LogP contribution in [0.3, 0.4) is 0 Å². The molecular formula is C21H25NO2. The van der Waals surface area contributed by atoms with E-state index in [0.717, 1.165) is 38.1 Å². The Kier molecular flexibility index (Phi) is 5.65. The fourth-order valence-electron chi connectivity index (χ4n) is 3.40. The summed E-state index contributed by atoms with van der Waals surface area (Å²) in [6.45, 7) is 2.45. The first-order valence-corrected chi connectivity index (χ1v) is 8.67. The molecule has 3 heteroatoms. The van der Waals surface area contributed by atoms with Gasteiger partial charge in [0.15, 0.2) is 0 Å². The zero-order valence-electron chi connectivity index (χ0n) is 14.3. The average Bonchev–Trinajstić information content (AvgIpc) is 2.64. The second-order valence-corrected chi connectivity index (χ2v) is 6.54. The molecule has 1 fully saturated rings. The summed E-state index contributed by atoms with van der Waals surface area (Å²) >= 11 is 0. The van der Waals surface area contributed by atoms with E-state index in [0.29, 0.717) is 12.3 Å². The van der Waals surface area contributed by atoms with Crippen LogP contribution in [0.25, 0.3) is 11.1 Å². The third-order valence-electron chi connectivity index (χ3n) is 4.69. The topological polar surface area (TPSA) is 29.5 Å². The molecule has 0 spiro atoms. The maximum absolute atomic E-state index is 12.6. The second-order valence-electron chi connectivity index (χ2n) is 6.54. The summed E-state index contributed by atoms with van der Waals surface area (Å²) in [6, 6.07) is 18.6. The van der Waals surface area contributed by atoms with E-state index >= 15 is 0 Å². The van der Waals surface area contributed by atoms with Crippen molar-refractivity contribution in [3.8, 4) is 11.1 Å². The van der Waals surface area contributed by atoms with E-state index in [4.69, 9.17) is 4.74 Å². The van der Waals surface area contributed by atoms with Gasteiger partial charge in [0, 0.05) is 20.2 Å². The average molecular weight is 323 g/mol. The highest BCUT2D eigenvalue weighted by atomic mass is 16.5. The van der Waals surface area contributed by atoms with E-state index in [1.807, 2.05) is 23.1 Å². The summed E-state index contributed by atoms with van der Waals surface area (Å²) in [7, 11) is 1.73. The molecule has 0 saturated carbocycles. The molecule has 0 N–H and O–H groups in total. The lowest BCUT2D eigenvalue weighted by molar-refractivity contribution is -0.132. The predicted molar refractivity (Wildman–Crippen MR) is 96.8 cm³/mol. The molecule has 0 radical (unpaired) electrons. The normalized spacial score (nSPS) is 17.7. The van der Waals surface area contributed by atoms with Gasteiger partial charge in [-0.05, 0) is 35.4 Å². The highest BCUT2D eigenvalue weighted by molar-refractivity contribution is 5.79. The van der Waals surface area contributed by atoms with Gasteiger partial charge in [-0.1, -0.05) is 54.6 Å². The van der Waals surface area contributed by atoms with Crippen molar-refractivity contribution >= 4 is 5.91 Å². The second kappa shape index (κ2) is 8.11. The van der Waals surface area contributed by atoms with Crippen LogP contribution < -0.4 is 0 Å². The molecule has 0 bridgehead atoms. The number of methoxy groups -OCH3 is 1. The quantitative estimate of drug-likeness (QED) is 0.838. The van der Waals surface area contributed by atoms with Crippen LogP contribution in [0.4, 0.5) is 0 Å². The van der Waals surface area contributed by atoms with Crippen LogP contribution >= 0.6 is 0 Å². The first kappa shape index (κ1) is 16.7. The van der Waals surface area contributed by atoms with Crippen LogP contribution in [-0.2, 0) is 16.0 Å². The standard InChI is InChI=1S/C21H25NO2/c1-24-16-18-6-5-13-22(15-18)21(23)14-17-9-11-20(12-10-17)19-7-3-2-4-8-19/h2-4,7-12,18H,5-6,13-16H2,1H3. The van der Waals surface area contributed by atoms with Crippen molar-refractivity contribution in [2.24, 2.45) is 5.92 Å². The molecule has 1 aliphatic rings. The highest BCUT2D eigenvalue weighted by Crippen LogP contribution is 2.21. The van der Waals surface area contributed by atoms with Crippen molar-refractivity contribution in [1.29, 1.82) is 0 Å². The van der Waals surface area contributed by atoms with Crippen molar-refractivity contribution < 1.29 is 9.53 Å². The van der Waals surface area contributed by atoms with Gasteiger partial charge in [0.1, 0.15) is 0 Å². The summed E-state index contributed by atoms with van der Waals surface area (Å²) in [5.41, 5.74) is 3.47. The smallest absolute Gasteiger partial charge is 0.226 e. The summed E-state index contributed by atoms with van der Waals surface area (Å²) in [5, 5.41) is 0. The summed E-state index contributed by atoms with van der Waals surface area (Å²) in [4.78, 5) is 14.6. The van der Waals surface area contributed by atoms with E-state index in [1.165, 1.54) is 11.1 Å². The van der Waals surface area contributed by atoms with Gasteiger partial charge in [-0.3, -0.25) is 4.79 Å². The van der Waals surface area contributed by atoms with Gasteiger partial charge in [-0.15, -0.1) is 0 Å². The van der Waals surface area contributed by atoms with Crippen LogP contribution in [0.2, 0.25) is 0 Å². The van der Waals surface area contributed by atoms with E-state index in [2.05, 4.69) is 36.4 Å². The Morgan fingerprint density at radius 1 is 1.08 bits per heavy atom. The van der Waals surface area contributed by atoms with Crippen LogP contribution in [0.1, 0.15) is 18.4 Å². The first-order valence-electron chi connectivity index (χ1n) is 8.67. The minimum atomic E-state index is 0.225. The van der Waals surface area contributed by atoms with E-state index in [9.17, 15) is 4.79 Å². The number of likely N-dealkylation sites (tertiary alicyclic amines) is 1. The Morgan fingerprint density at radius 2 is 1.79 bits per heavy atom. The zero-order chi connectivity index (χ0) is 16.8. The molecule has 3 nitrogen and oxygen atoms in total. The van der Waals surface area contributed by atoms with Gasteiger partial charge in [-0.25, -0.2) is 0 Å².